The maximum atomic E-state index is 13.5. The molecule has 0 amide bonds. The van der Waals surface area contributed by atoms with E-state index in [0.717, 1.165) is 11.3 Å². The molecule has 184 valence electrons. The Morgan fingerprint density at radius 2 is 2.09 bits per heavy atom. The predicted octanol–water partition coefficient (Wildman–Crippen LogP) is 2.06. The zero-order chi connectivity index (χ0) is 24.6. The van der Waals surface area contributed by atoms with Crippen LogP contribution in [0.4, 0.5) is 8.78 Å². The highest BCUT2D eigenvalue weighted by Gasteiger charge is 2.32. The van der Waals surface area contributed by atoms with Gasteiger partial charge in [0.15, 0.2) is 17.1 Å². The van der Waals surface area contributed by atoms with E-state index in [4.69, 9.17) is 19.1 Å². The maximum Gasteiger partial charge on any atom is 0.283 e. The van der Waals surface area contributed by atoms with E-state index in [1.165, 1.54) is 11.6 Å². The lowest BCUT2D eigenvalue weighted by atomic mass is 10.0. The van der Waals surface area contributed by atoms with E-state index < -0.39 is 19.1 Å². The van der Waals surface area contributed by atoms with Crippen molar-refractivity contribution in [3.63, 3.8) is 0 Å². The standard InChI is InChI=1S/C22H23F2N7O4/c1-13-7-17(29-35-13)20-27-26-19-8-18(33-2)21(28-31(19)20)34-10-15-4-3-14-9-30(6-5-16(14)25-15)11-22(23,24)12-32/h3-4,7-8,32H,5-6,9-12H2,1-2H3. The largest absolute Gasteiger partial charge is 0.491 e. The molecule has 1 aliphatic rings. The summed E-state index contributed by atoms with van der Waals surface area (Å²) in [6, 6.07) is 7.04. The number of pyridine rings is 1. The van der Waals surface area contributed by atoms with Gasteiger partial charge in [-0.1, -0.05) is 11.2 Å². The molecule has 35 heavy (non-hydrogen) atoms. The summed E-state index contributed by atoms with van der Waals surface area (Å²) >= 11 is 0. The second-order valence-electron chi connectivity index (χ2n) is 8.31. The van der Waals surface area contributed by atoms with Gasteiger partial charge in [-0.05, 0) is 18.6 Å². The summed E-state index contributed by atoms with van der Waals surface area (Å²) in [5, 5.41) is 25.5. The number of hydrogen-bond acceptors (Lipinski definition) is 10. The number of halogens is 2. The number of aliphatic hydroxyl groups is 1. The molecule has 0 saturated carbocycles. The van der Waals surface area contributed by atoms with Gasteiger partial charge in [0.05, 0.1) is 19.3 Å². The van der Waals surface area contributed by atoms with E-state index in [1.807, 2.05) is 6.07 Å². The number of alkyl halides is 2. The van der Waals surface area contributed by atoms with Crippen LogP contribution in [0.2, 0.25) is 0 Å². The molecule has 0 unspecified atom stereocenters. The van der Waals surface area contributed by atoms with E-state index in [2.05, 4.69) is 25.4 Å². The topological polar surface area (TPSA) is 124 Å². The number of aliphatic hydroxyl groups excluding tert-OH is 1. The lowest BCUT2D eigenvalue weighted by molar-refractivity contribution is -0.0750. The number of methoxy groups -OCH3 is 1. The fraction of sp³-hybridized carbons (Fsp3) is 0.409. The summed E-state index contributed by atoms with van der Waals surface area (Å²) in [5.41, 5.74) is 3.32. The molecule has 5 heterocycles. The quantitative estimate of drug-likeness (QED) is 0.395. The Morgan fingerprint density at radius 3 is 2.83 bits per heavy atom. The molecule has 5 rings (SSSR count). The van der Waals surface area contributed by atoms with Crippen molar-refractivity contribution in [1.82, 2.24) is 34.9 Å². The zero-order valence-electron chi connectivity index (χ0n) is 19.1. The average molecular weight is 487 g/mol. The molecule has 0 bridgehead atoms. The van der Waals surface area contributed by atoms with Crippen molar-refractivity contribution in [2.24, 2.45) is 0 Å². The first kappa shape index (κ1) is 23.1. The third kappa shape index (κ3) is 4.77. The Balaban J connectivity index is 1.33. The van der Waals surface area contributed by atoms with Gasteiger partial charge in [-0.15, -0.1) is 15.3 Å². The lowest BCUT2D eigenvalue weighted by Gasteiger charge is -2.30. The Kier molecular flexibility index (Phi) is 6.03. The molecular weight excluding hydrogens is 464 g/mol. The van der Waals surface area contributed by atoms with Crippen LogP contribution in [-0.4, -0.2) is 72.7 Å². The first-order chi connectivity index (χ1) is 16.8. The number of nitrogens with zero attached hydrogens (tertiary/aromatic N) is 7. The van der Waals surface area contributed by atoms with E-state index in [9.17, 15) is 8.78 Å². The van der Waals surface area contributed by atoms with Crippen molar-refractivity contribution in [3.8, 4) is 23.1 Å². The summed E-state index contributed by atoms with van der Waals surface area (Å²) < 4.78 is 45.0. The first-order valence-electron chi connectivity index (χ1n) is 10.9. The van der Waals surface area contributed by atoms with Crippen molar-refractivity contribution in [3.05, 3.63) is 47.0 Å². The minimum atomic E-state index is -3.12. The fourth-order valence-corrected chi connectivity index (χ4v) is 3.93. The van der Waals surface area contributed by atoms with Crippen LogP contribution in [0.25, 0.3) is 17.2 Å². The predicted molar refractivity (Wildman–Crippen MR) is 117 cm³/mol. The highest BCUT2D eigenvalue weighted by atomic mass is 19.3. The van der Waals surface area contributed by atoms with Gasteiger partial charge in [0, 0.05) is 37.3 Å². The van der Waals surface area contributed by atoms with Crippen LogP contribution in [0.5, 0.6) is 11.6 Å². The summed E-state index contributed by atoms with van der Waals surface area (Å²) in [5.74, 6) is -1.49. The Morgan fingerprint density at radius 1 is 1.23 bits per heavy atom. The molecule has 0 aromatic carbocycles. The van der Waals surface area contributed by atoms with Crippen LogP contribution in [0, 0.1) is 6.92 Å². The van der Waals surface area contributed by atoms with Gasteiger partial charge >= 0.3 is 0 Å². The number of rotatable bonds is 8. The van der Waals surface area contributed by atoms with E-state index in [1.54, 1.807) is 30.0 Å². The van der Waals surface area contributed by atoms with Crippen LogP contribution in [0.1, 0.15) is 22.7 Å². The Bertz CT molecular complexity index is 1360. The number of ether oxygens (including phenoxy) is 2. The van der Waals surface area contributed by atoms with Crippen LogP contribution >= 0.6 is 0 Å². The molecule has 1 N–H and O–H groups in total. The molecule has 4 aromatic heterocycles. The minimum Gasteiger partial charge on any atom is -0.491 e. The lowest BCUT2D eigenvalue weighted by Crippen LogP contribution is -2.42. The first-order valence-corrected chi connectivity index (χ1v) is 10.9. The van der Waals surface area contributed by atoms with Crippen LogP contribution < -0.4 is 9.47 Å². The summed E-state index contributed by atoms with van der Waals surface area (Å²) in [6.07, 6.45) is 0.527. The average Bonchev–Trinajstić information content (AvgIpc) is 3.47. The van der Waals surface area contributed by atoms with Crippen molar-refractivity contribution in [1.29, 1.82) is 0 Å². The third-order valence-corrected chi connectivity index (χ3v) is 5.63. The van der Waals surface area contributed by atoms with E-state index in [0.29, 0.717) is 53.9 Å². The number of fused-ring (bicyclic) bond motifs is 2. The second kappa shape index (κ2) is 9.15. The zero-order valence-corrected chi connectivity index (χ0v) is 19.1. The van der Waals surface area contributed by atoms with Gasteiger partial charge in [0.1, 0.15) is 19.0 Å². The van der Waals surface area contributed by atoms with Crippen LogP contribution in [0.15, 0.2) is 28.8 Å². The molecule has 0 fully saturated rings. The number of aromatic nitrogens is 6. The SMILES string of the molecule is COc1cc2nnc(-c3cc(C)on3)n2nc1OCc1ccc2c(n1)CCN(CC(F)(F)CO)C2. The molecule has 1 aliphatic heterocycles. The third-order valence-electron chi connectivity index (χ3n) is 5.63. The van der Waals surface area contributed by atoms with Gasteiger partial charge in [-0.25, -0.2) is 8.78 Å². The molecule has 0 aliphatic carbocycles. The summed E-state index contributed by atoms with van der Waals surface area (Å²) in [4.78, 5) is 6.26. The number of aryl methyl sites for hydroxylation is 1. The van der Waals surface area contributed by atoms with Crippen molar-refractivity contribution >= 4 is 5.65 Å². The number of hydrogen-bond donors (Lipinski definition) is 1. The van der Waals surface area contributed by atoms with E-state index >= 15 is 0 Å². The molecule has 0 atom stereocenters. The Hall–Kier alpha value is -3.71. The van der Waals surface area contributed by atoms with Crippen LogP contribution in [0.3, 0.4) is 0 Å². The molecule has 13 heteroatoms. The van der Waals surface area contributed by atoms with Crippen molar-refractivity contribution in [2.45, 2.75) is 32.4 Å². The minimum absolute atomic E-state index is 0.120. The maximum absolute atomic E-state index is 13.5. The van der Waals surface area contributed by atoms with Crippen LogP contribution in [-0.2, 0) is 19.6 Å². The summed E-state index contributed by atoms with van der Waals surface area (Å²) in [6.45, 7) is 1.03. The Labute approximate surface area is 198 Å². The normalized spacial score (nSPS) is 14.3. The molecule has 0 spiro atoms. The highest BCUT2D eigenvalue weighted by molar-refractivity contribution is 5.56. The van der Waals surface area contributed by atoms with Crippen molar-refractivity contribution < 1.29 is 27.9 Å². The molecule has 0 saturated heterocycles. The summed E-state index contributed by atoms with van der Waals surface area (Å²) in [7, 11) is 1.50. The fourth-order valence-electron chi connectivity index (χ4n) is 3.93. The smallest absolute Gasteiger partial charge is 0.283 e. The van der Waals surface area contributed by atoms with Gasteiger partial charge in [0.25, 0.3) is 11.8 Å². The van der Waals surface area contributed by atoms with Gasteiger partial charge < -0.3 is 19.1 Å². The molecule has 11 nitrogen and oxygen atoms in total. The van der Waals surface area contributed by atoms with Crippen molar-refractivity contribution in [2.75, 3.05) is 26.8 Å². The second-order valence-corrected chi connectivity index (χ2v) is 8.31. The molecule has 0 radical (unpaired) electrons. The van der Waals surface area contributed by atoms with Gasteiger partial charge in [0.2, 0.25) is 5.82 Å². The monoisotopic (exact) mass is 487 g/mol. The highest BCUT2D eigenvalue weighted by Crippen LogP contribution is 2.28. The van der Waals surface area contributed by atoms with E-state index in [-0.39, 0.29) is 12.5 Å². The molecular formula is C22H23F2N7O4. The van der Waals surface area contributed by atoms with Gasteiger partial charge in [-0.3, -0.25) is 9.88 Å². The molecule has 4 aromatic rings. The van der Waals surface area contributed by atoms with Gasteiger partial charge in [-0.2, -0.15) is 4.52 Å².